The van der Waals surface area contributed by atoms with Crippen LogP contribution >= 0.6 is 15.9 Å². The number of nitrogens with two attached hydrogens (primary N) is 1. The van der Waals surface area contributed by atoms with Crippen molar-refractivity contribution in [2.45, 2.75) is 45.6 Å². The topological polar surface area (TPSA) is 67.8 Å². The molecule has 1 aliphatic rings. The van der Waals surface area contributed by atoms with Crippen molar-refractivity contribution in [2.75, 3.05) is 0 Å². The first-order chi connectivity index (χ1) is 9.84. The van der Waals surface area contributed by atoms with Crippen molar-refractivity contribution in [2.24, 2.45) is 16.3 Å². The molecule has 3 N–H and O–H groups in total. The van der Waals surface area contributed by atoms with Gasteiger partial charge in [-0.15, -0.1) is 0 Å². The highest BCUT2D eigenvalue weighted by Gasteiger charge is 2.28. The molecule has 21 heavy (non-hydrogen) atoms. The number of hydrogen-bond donors (Lipinski definition) is 2. The van der Waals surface area contributed by atoms with Gasteiger partial charge in [0, 0.05) is 5.56 Å². The van der Waals surface area contributed by atoms with E-state index in [1.54, 1.807) is 6.07 Å². The lowest BCUT2D eigenvalue weighted by molar-refractivity contribution is 0.0951. The van der Waals surface area contributed by atoms with Crippen molar-refractivity contribution in [1.29, 1.82) is 0 Å². The number of nitrogens with zero attached hydrogens (tertiary/aromatic N) is 1. The fourth-order valence-electron chi connectivity index (χ4n) is 2.54. The molecule has 0 atom stereocenters. The van der Waals surface area contributed by atoms with Gasteiger partial charge in [-0.25, -0.2) is 4.39 Å². The number of ether oxygens (including phenoxy) is 1. The van der Waals surface area contributed by atoms with Crippen LogP contribution in [-0.4, -0.2) is 17.1 Å². The van der Waals surface area contributed by atoms with Crippen LogP contribution < -0.4 is 10.5 Å². The standard InChI is InChI=1S/C15H20BrFN2O2/c1-15(2)7-5-9(6-8-15)21-11-4-3-10(14(18)19-20)12(16)13(11)17/h3-4,9,20H,5-8H2,1-2H3,(H2,18,19). The predicted molar refractivity (Wildman–Crippen MR) is 83.3 cm³/mol. The Morgan fingerprint density at radius 1 is 1.43 bits per heavy atom. The molecule has 0 saturated heterocycles. The molecule has 1 aromatic carbocycles. The SMILES string of the molecule is CC1(C)CCC(Oc2ccc(/C(N)=N/O)c(Br)c2F)CC1. The third kappa shape index (κ3) is 3.67. The van der Waals surface area contributed by atoms with Gasteiger partial charge in [-0.2, -0.15) is 0 Å². The monoisotopic (exact) mass is 358 g/mol. The number of halogens is 2. The van der Waals surface area contributed by atoms with Crippen LogP contribution in [0.4, 0.5) is 4.39 Å². The second-order valence-corrected chi connectivity index (χ2v) is 7.00. The van der Waals surface area contributed by atoms with E-state index in [9.17, 15) is 4.39 Å². The Labute approximate surface area is 132 Å². The van der Waals surface area contributed by atoms with Crippen LogP contribution in [0.15, 0.2) is 21.8 Å². The van der Waals surface area contributed by atoms with Crippen LogP contribution in [0.5, 0.6) is 5.75 Å². The molecule has 0 aliphatic heterocycles. The van der Waals surface area contributed by atoms with E-state index in [1.807, 2.05) is 0 Å². The second-order valence-electron chi connectivity index (χ2n) is 6.21. The van der Waals surface area contributed by atoms with Crippen molar-refractivity contribution in [3.8, 4) is 5.75 Å². The minimum absolute atomic E-state index is 0.0362. The zero-order valence-corrected chi connectivity index (χ0v) is 13.8. The van der Waals surface area contributed by atoms with Crippen LogP contribution in [0.1, 0.15) is 45.1 Å². The van der Waals surface area contributed by atoms with Gasteiger partial charge in [0.2, 0.25) is 0 Å². The normalized spacial score (nSPS) is 19.5. The number of amidine groups is 1. The summed E-state index contributed by atoms with van der Waals surface area (Å²) in [5, 5.41) is 11.6. The van der Waals surface area contributed by atoms with Crippen LogP contribution in [0.25, 0.3) is 0 Å². The van der Waals surface area contributed by atoms with Crippen LogP contribution in [-0.2, 0) is 0 Å². The van der Waals surface area contributed by atoms with Crippen molar-refractivity contribution >= 4 is 21.8 Å². The average Bonchev–Trinajstić information content (AvgIpc) is 2.45. The lowest BCUT2D eigenvalue weighted by Crippen LogP contribution is -2.28. The molecular formula is C15H20BrFN2O2. The van der Waals surface area contributed by atoms with E-state index < -0.39 is 5.82 Å². The molecule has 6 heteroatoms. The summed E-state index contributed by atoms with van der Waals surface area (Å²) < 4.78 is 20.2. The van der Waals surface area contributed by atoms with Crippen molar-refractivity contribution in [3.05, 3.63) is 28.0 Å². The molecule has 0 aromatic heterocycles. The summed E-state index contributed by atoms with van der Waals surface area (Å²) in [6, 6.07) is 3.09. The maximum Gasteiger partial charge on any atom is 0.179 e. The molecule has 1 aliphatic carbocycles. The van der Waals surface area contributed by atoms with Crippen LogP contribution in [0, 0.1) is 11.2 Å². The summed E-state index contributed by atoms with van der Waals surface area (Å²) in [7, 11) is 0. The van der Waals surface area contributed by atoms with Gasteiger partial charge in [-0.1, -0.05) is 19.0 Å². The molecule has 1 fully saturated rings. The van der Waals surface area contributed by atoms with E-state index in [0.717, 1.165) is 25.7 Å². The number of oxime groups is 1. The van der Waals surface area contributed by atoms with E-state index in [0.29, 0.717) is 11.0 Å². The van der Waals surface area contributed by atoms with Crippen LogP contribution in [0.3, 0.4) is 0 Å². The fourth-order valence-corrected chi connectivity index (χ4v) is 3.08. The highest BCUT2D eigenvalue weighted by molar-refractivity contribution is 9.10. The van der Waals surface area contributed by atoms with Crippen LogP contribution in [0.2, 0.25) is 0 Å². The van der Waals surface area contributed by atoms with Crippen molar-refractivity contribution in [3.63, 3.8) is 0 Å². The molecule has 0 unspecified atom stereocenters. The third-order valence-corrected chi connectivity index (χ3v) is 4.79. The lowest BCUT2D eigenvalue weighted by Gasteiger charge is -2.34. The Balaban J connectivity index is 2.14. The van der Waals surface area contributed by atoms with Gasteiger partial charge in [0.1, 0.15) is 0 Å². The molecule has 0 bridgehead atoms. The summed E-state index contributed by atoms with van der Waals surface area (Å²) in [4.78, 5) is 0. The number of benzene rings is 1. The maximum absolute atomic E-state index is 14.3. The Kier molecular flexibility index (Phi) is 4.76. The molecular weight excluding hydrogens is 339 g/mol. The van der Waals surface area contributed by atoms with E-state index in [1.165, 1.54) is 6.07 Å². The van der Waals surface area contributed by atoms with Crippen molar-refractivity contribution in [1.82, 2.24) is 0 Å². The van der Waals surface area contributed by atoms with E-state index in [2.05, 4.69) is 34.9 Å². The Morgan fingerprint density at radius 3 is 2.62 bits per heavy atom. The molecule has 0 amide bonds. The minimum atomic E-state index is -0.524. The average molecular weight is 359 g/mol. The molecule has 0 spiro atoms. The molecule has 116 valence electrons. The second kappa shape index (κ2) is 6.22. The maximum atomic E-state index is 14.3. The first-order valence-corrected chi connectivity index (χ1v) is 7.76. The first kappa shape index (κ1) is 16.1. The summed E-state index contributed by atoms with van der Waals surface area (Å²) in [6.07, 6.45) is 4.03. The van der Waals surface area contributed by atoms with Gasteiger partial charge in [-0.3, -0.25) is 0 Å². The molecule has 1 aromatic rings. The van der Waals surface area contributed by atoms with E-state index in [-0.39, 0.29) is 22.2 Å². The Bertz CT molecular complexity index is 551. The quantitative estimate of drug-likeness (QED) is 0.371. The van der Waals surface area contributed by atoms with Gasteiger partial charge in [-0.05, 0) is 59.2 Å². The van der Waals surface area contributed by atoms with Gasteiger partial charge < -0.3 is 15.7 Å². The number of hydrogen-bond acceptors (Lipinski definition) is 3. The van der Waals surface area contributed by atoms with Gasteiger partial charge in [0.05, 0.1) is 10.6 Å². The first-order valence-electron chi connectivity index (χ1n) is 6.96. The smallest absolute Gasteiger partial charge is 0.179 e. The van der Waals surface area contributed by atoms with E-state index in [4.69, 9.17) is 15.7 Å². The number of rotatable bonds is 3. The zero-order valence-electron chi connectivity index (χ0n) is 12.2. The fraction of sp³-hybridized carbons (Fsp3) is 0.533. The van der Waals surface area contributed by atoms with Gasteiger partial charge in [0.25, 0.3) is 0 Å². The van der Waals surface area contributed by atoms with E-state index >= 15 is 0 Å². The molecule has 0 heterocycles. The highest BCUT2D eigenvalue weighted by atomic mass is 79.9. The third-order valence-electron chi connectivity index (χ3n) is 4.01. The van der Waals surface area contributed by atoms with Gasteiger partial charge >= 0.3 is 0 Å². The molecule has 1 saturated carbocycles. The molecule has 0 radical (unpaired) electrons. The van der Waals surface area contributed by atoms with Crippen molar-refractivity contribution < 1.29 is 14.3 Å². The highest BCUT2D eigenvalue weighted by Crippen LogP contribution is 2.37. The lowest BCUT2D eigenvalue weighted by atomic mass is 9.76. The Morgan fingerprint density at radius 2 is 2.05 bits per heavy atom. The molecule has 2 rings (SSSR count). The van der Waals surface area contributed by atoms with Gasteiger partial charge in [0.15, 0.2) is 17.4 Å². The zero-order chi connectivity index (χ0) is 15.6. The summed E-state index contributed by atoms with van der Waals surface area (Å²) in [6.45, 7) is 4.48. The summed E-state index contributed by atoms with van der Waals surface area (Å²) >= 11 is 3.13. The predicted octanol–water partition coefficient (Wildman–Crippen LogP) is 4.03. The largest absolute Gasteiger partial charge is 0.487 e. The summed E-state index contributed by atoms with van der Waals surface area (Å²) in [5.41, 5.74) is 6.13. The molecule has 4 nitrogen and oxygen atoms in total. The summed E-state index contributed by atoms with van der Waals surface area (Å²) in [5.74, 6) is -0.475. The minimum Gasteiger partial charge on any atom is -0.487 e. The Hall–Kier alpha value is -1.30.